The Morgan fingerprint density at radius 1 is 0.906 bits per heavy atom. The van der Waals surface area contributed by atoms with Crippen LogP contribution in [0.1, 0.15) is 47.9 Å². The zero-order valence-corrected chi connectivity index (χ0v) is 19.2. The summed E-state index contributed by atoms with van der Waals surface area (Å²) in [4.78, 5) is 17.6. The van der Waals surface area contributed by atoms with E-state index in [4.69, 9.17) is 9.79 Å². The third-order valence-corrected chi connectivity index (χ3v) is 6.00. The molecule has 0 aliphatic rings. The van der Waals surface area contributed by atoms with Gasteiger partial charge in [0, 0.05) is 18.8 Å². The fourth-order valence-electron chi connectivity index (χ4n) is 3.34. The van der Waals surface area contributed by atoms with Crippen molar-refractivity contribution >= 4 is 13.3 Å². The molecular weight excluding hydrogens is 440 g/mol. The van der Waals surface area contributed by atoms with E-state index >= 15 is 0 Å². The van der Waals surface area contributed by atoms with E-state index in [0.717, 1.165) is 31.7 Å². The molecule has 0 fully saturated rings. The predicted molar refractivity (Wildman–Crippen MR) is 122 cm³/mol. The first-order chi connectivity index (χ1) is 15.0. The molecule has 0 spiro atoms. The van der Waals surface area contributed by atoms with Crippen LogP contribution in [0, 0.1) is 6.92 Å². The smallest absolute Gasteiger partial charge is 0.385 e. The minimum atomic E-state index is -4.47. The molecule has 0 radical (unpaired) electrons. The number of halogens is 3. The quantitative estimate of drug-likeness (QED) is 0.229. The maximum atomic E-state index is 13.5. The van der Waals surface area contributed by atoms with Gasteiger partial charge in [0.1, 0.15) is 0 Å². The zero-order chi connectivity index (χ0) is 23.6. The molecule has 0 saturated carbocycles. The summed E-state index contributed by atoms with van der Waals surface area (Å²) in [6.07, 6.45) is -0.801. The lowest BCUT2D eigenvalue weighted by molar-refractivity contribution is -0.137. The number of hydrogen-bond acceptors (Lipinski definition) is 3. The Hall–Kier alpha value is -1.86. The van der Waals surface area contributed by atoms with Crippen molar-refractivity contribution in [3.8, 4) is 0 Å². The molecule has 0 atom stereocenters. The van der Waals surface area contributed by atoms with Gasteiger partial charge < -0.3 is 20.4 Å². The second kappa shape index (κ2) is 12.4. The minimum Gasteiger partial charge on any atom is -0.385 e. The van der Waals surface area contributed by atoms with Crippen molar-refractivity contribution in [2.45, 2.75) is 51.7 Å². The number of alkyl halides is 3. The minimum absolute atomic E-state index is 0.0706. The summed E-state index contributed by atoms with van der Waals surface area (Å²) in [6, 6.07) is 12.6. The first-order valence-corrected chi connectivity index (χ1v) is 12.6. The van der Waals surface area contributed by atoms with Crippen molar-refractivity contribution < 1.29 is 27.5 Å². The van der Waals surface area contributed by atoms with Gasteiger partial charge in [0.2, 0.25) is 0 Å². The molecule has 0 saturated heterocycles. The lowest BCUT2D eigenvalue weighted by Crippen LogP contribution is -2.17. The van der Waals surface area contributed by atoms with Crippen LogP contribution in [0.5, 0.6) is 0 Å². The molecule has 0 bridgehead atoms. The van der Waals surface area contributed by atoms with Crippen molar-refractivity contribution in [1.82, 2.24) is 5.32 Å². The van der Waals surface area contributed by atoms with Crippen LogP contribution in [0.4, 0.5) is 18.9 Å². The summed E-state index contributed by atoms with van der Waals surface area (Å²) < 4.78 is 51.3. The number of anilines is 1. The Bertz CT molecular complexity index is 883. The van der Waals surface area contributed by atoms with Crippen molar-refractivity contribution in [2.75, 3.05) is 24.6 Å². The Morgan fingerprint density at radius 3 is 2.25 bits per heavy atom. The maximum absolute atomic E-state index is 13.5. The van der Waals surface area contributed by atoms with E-state index in [-0.39, 0.29) is 24.8 Å². The summed E-state index contributed by atoms with van der Waals surface area (Å²) >= 11 is 0. The molecular formula is C23H32F3N2O3P. The Morgan fingerprint density at radius 2 is 1.59 bits per heavy atom. The van der Waals surface area contributed by atoms with E-state index in [2.05, 4.69) is 34.9 Å². The number of benzene rings is 2. The van der Waals surface area contributed by atoms with E-state index in [0.29, 0.717) is 18.7 Å². The summed E-state index contributed by atoms with van der Waals surface area (Å²) in [5.74, 6) is 0. The van der Waals surface area contributed by atoms with Crippen LogP contribution in [0.3, 0.4) is 0 Å². The molecule has 0 aliphatic heterocycles. The molecule has 0 aromatic heterocycles. The van der Waals surface area contributed by atoms with E-state index in [1.54, 1.807) is 6.07 Å². The van der Waals surface area contributed by atoms with E-state index in [1.165, 1.54) is 17.2 Å². The lowest BCUT2D eigenvalue weighted by atomic mass is 10.1. The number of nitrogens with one attached hydrogen (secondary N) is 2. The first kappa shape index (κ1) is 26.4. The van der Waals surface area contributed by atoms with Gasteiger partial charge in [0.15, 0.2) is 0 Å². The molecule has 0 unspecified atom stereocenters. The van der Waals surface area contributed by atoms with Crippen LogP contribution in [-0.2, 0) is 23.7 Å². The molecule has 9 heteroatoms. The standard InChI is InChI=1S/C23H32F3N2O3P/c1-18-7-9-19(10-8-18)6-3-2-4-14-28-22-12-11-20(16-21(22)23(24,25)26)17-27-13-5-15-32(29,30)31/h7-12,16,27-28H,2-6,13-15,17H2,1H3,(H2,29,30,31). The summed E-state index contributed by atoms with van der Waals surface area (Å²) in [7, 11) is -4.05. The van der Waals surface area contributed by atoms with Gasteiger partial charge in [-0.3, -0.25) is 4.57 Å². The Balaban J connectivity index is 1.78. The van der Waals surface area contributed by atoms with Crippen LogP contribution < -0.4 is 10.6 Å². The predicted octanol–water partition coefficient (Wildman–Crippen LogP) is 5.50. The van der Waals surface area contributed by atoms with Crippen LogP contribution in [0.15, 0.2) is 42.5 Å². The Labute approximate surface area is 187 Å². The van der Waals surface area contributed by atoms with Gasteiger partial charge in [0.25, 0.3) is 0 Å². The molecule has 32 heavy (non-hydrogen) atoms. The average Bonchev–Trinajstić information content (AvgIpc) is 2.70. The van der Waals surface area contributed by atoms with Gasteiger partial charge in [-0.2, -0.15) is 13.2 Å². The van der Waals surface area contributed by atoms with Crippen molar-refractivity contribution in [3.05, 3.63) is 64.7 Å². The molecule has 0 aliphatic carbocycles. The highest BCUT2D eigenvalue weighted by molar-refractivity contribution is 7.51. The van der Waals surface area contributed by atoms with Crippen molar-refractivity contribution in [3.63, 3.8) is 0 Å². The Kier molecular flexibility index (Phi) is 10.2. The second-order valence-corrected chi connectivity index (χ2v) is 9.80. The fourth-order valence-corrected chi connectivity index (χ4v) is 3.91. The normalized spacial score (nSPS) is 12.2. The van der Waals surface area contributed by atoms with Crippen LogP contribution in [-0.4, -0.2) is 29.0 Å². The van der Waals surface area contributed by atoms with E-state index < -0.39 is 19.3 Å². The van der Waals surface area contributed by atoms with E-state index in [9.17, 15) is 17.7 Å². The highest BCUT2D eigenvalue weighted by atomic mass is 31.2. The number of rotatable bonds is 13. The first-order valence-electron chi connectivity index (χ1n) is 10.8. The topological polar surface area (TPSA) is 81.6 Å². The lowest BCUT2D eigenvalue weighted by Gasteiger charge is -2.16. The summed E-state index contributed by atoms with van der Waals surface area (Å²) in [6.45, 7) is 3.03. The van der Waals surface area contributed by atoms with Gasteiger partial charge in [-0.1, -0.05) is 42.3 Å². The van der Waals surface area contributed by atoms with Gasteiger partial charge in [-0.25, -0.2) is 0 Å². The van der Waals surface area contributed by atoms with Gasteiger partial charge in [0.05, 0.1) is 11.7 Å². The number of unbranched alkanes of at least 4 members (excludes halogenated alkanes) is 2. The largest absolute Gasteiger partial charge is 0.418 e. The van der Waals surface area contributed by atoms with Crippen LogP contribution >= 0.6 is 7.60 Å². The molecule has 4 N–H and O–H groups in total. The average molecular weight is 472 g/mol. The van der Waals surface area contributed by atoms with Gasteiger partial charge >= 0.3 is 13.8 Å². The molecule has 2 rings (SSSR count). The van der Waals surface area contributed by atoms with E-state index in [1.807, 2.05) is 6.92 Å². The van der Waals surface area contributed by atoms with Gasteiger partial charge in [-0.15, -0.1) is 0 Å². The number of hydrogen-bond donors (Lipinski definition) is 4. The highest BCUT2D eigenvalue weighted by Gasteiger charge is 2.33. The summed E-state index contributed by atoms with van der Waals surface area (Å²) in [5.41, 5.74) is 2.33. The highest BCUT2D eigenvalue weighted by Crippen LogP contribution is 2.36. The SMILES string of the molecule is Cc1ccc(CCCCCNc2ccc(CNCCCP(=O)(O)O)cc2C(F)(F)F)cc1. The molecule has 5 nitrogen and oxygen atoms in total. The van der Waals surface area contributed by atoms with Gasteiger partial charge in [-0.05, 0) is 62.4 Å². The number of aryl methyl sites for hydroxylation is 2. The maximum Gasteiger partial charge on any atom is 0.418 e. The third kappa shape index (κ3) is 10.2. The molecule has 0 amide bonds. The van der Waals surface area contributed by atoms with Crippen LogP contribution in [0.25, 0.3) is 0 Å². The molecule has 2 aromatic rings. The fraction of sp³-hybridized carbons (Fsp3) is 0.478. The monoisotopic (exact) mass is 472 g/mol. The zero-order valence-electron chi connectivity index (χ0n) is 18.3. The second-order valence-electron chi connectivity index (χ2n) is 8.02. The molecule has 2 aromatic carbocycles. The molecule has 0 heterocycles. The van der Waals surface area contributed by atoms with Crippen molar-refractivity contribution in [2.24, 2.45) is 0 Å². The van der Waals surface area contributed by atoms with Crippen LogP contribution in [0.2, 0.25) is 0 Å². The third-order valence-electron chi connectivity index (χ3n) is 5.10. The van der Waals surface area contributed by atoms with Crippen molar-refractivity contribution in [1.29, 1.82) is 0 Å². The summed E-state index contributed by atoms with van der Waals surface area (Å²) in [5, 5.41) is 5.84. The molecule has 178 valence electrons.